The number of ether oxygens (including phenoxy) is 2. The van der Waals surface area contributed by atoms with E-state index in [1.165, 1.54) is 0 Å². The summed E-state index contributed by atoms with van der Waals surface area (Å²) < 4.78 is 10.6. The summed E-state index contributed by atoms with van der Waals surface area (Å²) in [5, 5.41) is 14.2. The average molecular weight is 372 g/mol. The molecule has 0 atom stereocenters. The van der Waals surface area contributed by atoms with Crippen molar-refractivity contribution in [2.75, 3.05) is 14.2 Å². The minimum Gasteiger partial charge on any atom is -0.497 e. The van der Waals surface area contributed by atoms with Crippen LogP contribution in [0.4, 0.5) is 0 Å². The second-order valence-electron chi connectivity index (χ2n) is 6.10. The molecule has 5 heteroatoms. The van der Waals surface area contributed by atoms with E-state index >= 15 is 0 Å². The summed E-state index contributed by atoms with van der Waals surface area (Å²) in [7, 11) is 3.17. The Balaban J connectivity index is 1.86. The van der Waals surface area contributed by atoms with Gasteiger partial charge in [-0.1, -0.05) is 42.5 Å². The molecule has 0 heterocycles. The van der Waals surface area contributed by atoms with E-state index in [0.717, 1.165) is 22.1 Å². The zero-order chi connectivity index (χ0) is 19.9. The largest absolute Gasteiger partial charge is 0.497 e. The van der Waals surface area contributed by atoms with E-state index in [2.05, 4.69) is 5.32 Å². The smallest absolute Gasteiger partial charge is 0.262 e. The highest BCUT2D eigenvalue weighted by atomic mass is 16.5. The van der Waals surface area contributed by atoms with Crippen LogP contribution in [0.1, 0.15) is 11.1 Å². The predicted octanol–water partition coefficient (Wildman–Crippen LogP) is 4.08. The van der Waals surface area contributed by atoms with Gasteiger partial charge in [-0.25, -0.2) is 0 Å². The van der Waals surface area contributed by atoms with Crippen molar-refractivity contribution in [3.05, 3.63) is 77.4 Å². The van der Waals surface area contributed by atoms with Crippen LogP contribution >= 0.6 is 0 Å². The molecule has 0 bridgehead atoms. The summed E-state index contributed by atoms with van der Waals surface area (Å²) >= 11 is 0. The second-order valence-corrected chi connectivity index (χ2v) is 6.10. The number of amides is 1. The third-order valence-corrected chi connectivity index (χ3v) is 4.42. The van der Waals surface area contributed by atoms with Gasteiger partial charge >= 0.3 is 0 Å². The van der Waals surface area contributed by atoms with E-state index in [0.29, 0.717) is 17.9 Å². The highest BCUT2D eigenvalue weighted by Crippen LogP contribution is 2.30. The van der Waals surface area contributed by atoms with E-state index in [1.54, 1.807) is 20.3 Å². The van der Waals surface area contributed by atoms with E-state index in [4.69, 9.17) is 9.47 Å². The first-order valence-corrected chi connectivity index (χ1v) is 8.75. The van der Waals surface area contributed by atoms with Crippen LogP contribution < -0.4 is 14.8 Å². The minimum atomic E-state index is -0.437. The Bertz CT molecular complexity index is 1060. The summed E-state index contributed by atoms with van der Waals surface area (Å²) in [6, 6.07) is 20.9. The Morgan fingerprint density at radius 3 is 2.46 bits per heavy atom. The highest BCUT2D eigenvalue weighted by Gasteiger charge is 2.13. The molecule has 0 fully saturated rings. The molecule has 1 N–H and O–H groups in total. The van der Waals surface area contributed by atoms with Gasteiger partial charge in [-0.3, -0.25) is 4.79 Å². The van der Waals surface area contributed by atoms with Crippen LogP contribution in [0, 0.1) is 11.3 Å². The first-order valence-electron chi connectivity index (χ1n) is 8.75. The molecule has 0 radical (unpaired) electrons. The summed E-state index contributed by atoms with van der Waals surface area (Å²) in [6.07, 6.45) is 1.57. The molecule has 1 amide bonds. The molecule has 5 nitrogen and oxygen atoms in total. The number of fused-ring (bicyclic) bond motifs is 1. The summed E-state index contributed by atoms with van der Waals surface area (Å²) in [5.41, 5.74) is 1.63. The van der Waals surface area contributed by atoms with E-state index in [9.17, 15) is 10.1 Å². The van der Waals surface area contributed by atoms with Gasteiger partial charge in [-0.05, 0) is 40.6 Å². The van der Waals surface area contributed by atoms with Crippen molar-refractivity contribution >= 4 is 22.8 Å². The first-order chi connectivity index (χ1) is 13.7. The maximum absolute atomic E-state index is 12.5. The molecular formula is C23H20N2O3. The lowest BCUT2D eigenvalue weighted by molar-refractivity contribution is -0.117. The van der Waals surface area contributed by atoms with Crippen LogP contribution in [-0.4, -0.2) is 20.1 Å². The lowest BCUT2D eigenvalue weighted by atomic mass is 10.0. The van der Waals surface area contributed by atoms with Gasteiger partial charge in [0.2, 0.25) is 0 Å². The van der Waals surface area contributed by atoms with Crippen LogP contribution in [0.25, 0.3) is 16.8 Å². The molecule has 0 aliphatic carbocycles. The number of carbonyl (C=O) groups excluding carboxylic acids is 1. The molecule has 0 spiro atoms. The lowest BCUT2D eigenvalue weighted by Gasteiger charge is -2.10. The second kappa shape index (κ2) is 8.74. The summed E-state index contributed by atoms with van der Waals surface area (Å²) in [6.45, 7) is 0.314. The normalized spacial score (nSPS) is 11.0. The fourth-order valence-electron chi connectivity index (χ4n) is 2.92. The van der Waals surface area contributed by atoms with E-state index in [1.807, 2.05) is 66.7 Å². The van der Waals surface area contributed by atoms with Crippen molar-refractivity contribution in [2.24, 2.45) is 0 Å². The van der Waals surface area contributed by atoms with Crippen molar-refractivity contribution in [3.8, 4) is 17.6 Å². The van der Waals surface area contributed by atoms with Crippen LogP contribution in [0.15, 0.2) is 66.2 Å². The van der Waals surface area contributed by atoms with E-state index in [-0.39, 0.29) is 5.57 Å². The molecule has 0 aliphatic heterocycles. The lowest BCUT2D eigenvalue weighted by Crippen LogP contribution is -2.23. The first kappa shape index (κ1) is 19.0. The fraction of sp³-hybridized carbons (Fsp3) is 0.130. The van der Waals surface area contributed by atoms with Crippen molar-refractivity contribution in [1.29, 1.82) is 5.26 Å². The van der Waals surface area contributed by atoms with Crippen LogP contribution in [0.5, 0.6) is 11.5 Å². The SMILES string of the molecule is COc1ccc(CNC(=O)/C(C#N)=C/c2c(OC)ccc3ccccc23)cc1. The molecule has 0 aromatic heterocycles. The van der Waals surface area contributed by atoms with Gasteiger partial charge in [0.1, 0.15) is 23.1 Å². The standard InChI is InChI=1S/C23H20N2O3/c1-27-19-10-7-16(8-11-19)15-25-23(26)18(14-24)13-21-20-6-4-3-5-17(20)9-12-22(21)28-2/h3-13H,15H2,1-2H3,(H,25,26)/b18-13+. The van der Waals surface area contributed by atoms with Crippen LogP contribution in [0.3, 0.4) is 0 Å². The van der Waals surface area contributed by atoms with Gasteiger partial charge in [0.25, 0.3) is 5.91 Å². The van der Waals surface area contributed by atoms with Crippen LogP contribution in [-0.2, 0) is 11.3 Å². The molecule has 140 valence electrons. The van der Waals surface area contributed by atoms with Crippen molar-refractivity contribution in [3.63, 3.8) is 0 Å². The number of hydrogen-bond donors (Lipinski definition) is 1. The number of methoxy groups -OCH3 is 2. The quantitative estimate of drug-likeness (QED) is 0.523. The molecule has 3 rings (SSSR count). The Morgan fingerprint density at radius 1 is 1.04 bits per heavy atom. The molecule has 0 unspecified atom stereocenters. The van der Waals surface area contributed by atoms with Crippen molar-refractivity contribution < 1.29 is 14.3 Å². The molecule has 0 aliphatic rings. The molecule has 28 heavy (non-hydrogen) atoms. The van der Waals surface area contributed by atoms with Crippen LogP contribution in [0.2, 0.25) is 0 Å². The number of nitriles is 1. The number of benzene rings is 3. The summed E-state index contributed by atoms with van der Waals surface area (Å²) in [5.74, 6) is 0.915. The Morgan fingerprint density at radius 2 is 1.79 bits per heavy atom. The molecule has 0 saturated carbocycles. The molecule has 3 aromatic carbocycles. The topological polar surface area (TPSA) is 71.3 Å². The van der Waals surface area contributed by atoms with Gasteiger partial charge in [0, 0.05) is 12.1 Å². The van der Waals surface area contributed by atoms with Gasteiger partial charge < -0.3 is 14.8 Å². The highest BCUT2D eigenvalue weighted by molar-refractivity contribution is 6.04. The minimum absolute atomic E-state index is 0.0168. The number of carbonyl (C=O) groups is 1. The van der Waals surface area contributed by atoms with Gasteiger partial charge in [0.15, 0.2) is 0 Å². The Hall–Kier alpha value is -3.78. The third kappa shape index (κ3) is 4.13. The fourth-order valence-corrected chi connectivity index (χ4v) is 2.92. The predicted molar refractivity (Wildman–Crippen MR) is 109 cm³/mol. The summed E-state index contributed by atoms with van der Waals surface area (Å²) in [4.78, 5) is 12.5. The molecular weight excluding hydrogens is 352 g/mol. The van der Waals surface area contributed by atoms with Crippen molar-refractivity contribution in [1.82, 2.24) is 5.32 Å². The van der Waals surface area contributed by atoms with Gasteiger partial charge in [0.05, 0.1) is 14.2 Å². The molecule has 3 aromatic rings. The number of nitrogens with one attached hydrogen (secondary N) is 1. The number of nitrogens with zero attached hydrogens (tertiary/aromatic N) is 1. The van der Waals surface area contributed by atoms with Gasteiger partial charge in [-0.2, -0.15) is 5.26 Å². The molecule has 0 saturated heterocycles. The zero-order valence-electron chi connectivity index (χ0n) is 15.7. The van der Waals surface area contributed by atoms with E-state index < -0.39 is 5.91 Å². The maximum atomic E-state index is 12.5. The monoisotopic (exact) mass is 372 g/mol. The number of rotatable bonds is 6. The zero-order valence-corrected chi connectivity index (χ0v) is 15.7. The van der Waals surface area contributed by atoms with Gasteiger partial charge in [-0.15, -0.1) is 0 Å². The Kier molecular flexibility index (Phi) is 5.93. The number of hydrogen-bond acceptors (Lipinski definition) is 4. The average Bonchev–Trinajstić information content (AvgIpc) is 2.75. The maximum Gasteiger partial charge on any atom is 0.262 e. The third-order valence-electron chi connectivity index (χ3n) is 4.42. The van der Waals surface area contributed by atoms with Crippen molar-refractivity contribution in [2.45, 2.75) is 6.54 Å². The Labute approximate surface area is 163 Å².